The van der Waals surface area contributed by atoms with Crippen LogP contribution in [0.2, 0.25) is 0 Å². The van der Waals surface area contributed by atoms with Gasteiger partial charge in [0.05, 0.1) is 5.56 Å². The largest absolute Gasteiger partial charge is 0.328 e. The first-order chi connectivity index (χ1) is 8.65. The summed E-state index contributed by atoms with van der Waals surface area (Å²) in [4.78, 5) is 16.3. The smallest absolute Gasteiger partial charge is 0.231 e. The second kappa shape index (κ2) is 5.12. The number of aryl methyl sites for hydroxylation is 2. The Kier molecular flexibility index (Phi) is 3.55. The summed E-state index contributed by atoms with van der Waals surface area (Å²) >= 11 is 0. The lowest BCUT2D eigenvalue weighted by atomic mass is 10.1. The van der Waals surface area contributed by atoms with Crippen LogP contribution in [0.5, 0.6) is 0 Å². The van der Waals surface area contributed by atoms with Gasteiger partial charge in [-0.3, -0.25) is 4.79 Å². The number of aromatic nitrogens is 2. The maximum Gasteiger partial charge on any atom is 0.231 e. The Hall–Kier alpha value is -1.97. The lowest BCUT2D eigenvalue weighted by Gasteiger charge is -2.07. The third-order valence-corrected chi connectivity index (χ3v) is 2.82. The molecule has 0 saturated heterocycles. The molecular weight excluding hydrogens is 231 g/mol. The number of halogens is 1. The summed E-state index contributed by atoms with van der Waals surface area (Å²) in [5, 5.41) is 0. The van der Waals surface area contributed by atoms with Crippen LogP contribution in [0.15, 0.2) is 30.6 Å². The molecule has 0 fully saturated rings. The molecule has 4 heteroatoms. The van der Waals surface area contributed by atoms with Crippen LogP contribution in [-0.2, 0) is 6.54 Å². The van der Waals surface area contributed by atoms with Gasteiger partial charge in [0.15, 0.2) is 5.82 Å². The van der Waals surface area contributed by atoms with Gasteiger partial charge in [-0.15, -0.1) is 0 Å². The molecule has 2 aromatic rings. The summed E-state index contributed by atoms with van der Waals surface area (Å²) < 4.78 is 15.7. The van der Waals surface area contributed by atoms with Crippen molar-refractivity contribution in [2.45, 2.75) is 26.8 Å². The van der Waals surface area contributed by atoms with Crippen LogP contribution in [-0.4, -0.2) is 15.3 Å². The van der Waals surface area contributed by atoms with Gasteiger partial charge in [0.2, 0.25) is 5.78 Å². The van der Waals surface area contributed by atoms with Crippen molar-refractivity contribution in [2.24, 2.45) is 0 Å². The molecule has 1 aromatic carbocycles. The van der Waals surface area contributed by atoms with Gasteiger partial charge in [0.1, 0.15) is 5.82 Å². The molecule has 0 N–H and O–H groups in total. The second-order valence-electron chi connectivity index (χ2n) is 4.21. The molecule has 0 radical (unpaired) electrons. The zero-order valence-corrected chi connectivity index (χ0v) is 10.5. The first kappa shape index (κ1) is 12.5. The molecule has 2 rings (SSSR count). The van der Waals surface area contributed by atoms with Gasteiger partial charge in [-0.2, -0.15) is 0 Å². The van der Waals surface area contributed by atoms with E-state index in [4.69, 9.17) is 0 Å². The van der Waals surface area contributed by atoms with E-state index < -0.39 is 5.82 Å². The topological polar surface area (TPSA) is 34.9 Å². The van der Waals surface area contributed by atoms with Crippen LogP contribution in [0, 0.1) is 12.7 Å². The van der Waals surface area contributed by atoms with Crippen LogP contribution in [0.1, 0.15) is 35.1 Å². The van der Waals surface area contributed by atoms with Gasteiger partial charge in [0, 0.05) is 18.9 Å². The van der Waals surface area contributed by atoms with Crippen molar-refractivity contribution >= 4 is 5.78 Å². The summed E-state index contributed by atoms with van der Waals surface area (Å²) in [7, 11) is 0. The number of benzene rings is 1. The highest BCUT2D eigenvalue weighted by Gasteiger charge is 2.19. The van der Waals surface area contributed by atoms with Crippen molar-refractivity contribution in [2.75, 3.05) is 0 Å². The third-order valence-electron chi connectivity index (χ3n) is 2.82. The number of imidazole rings is 1. The first-order valence-corrected chi connectivity index (χ1v) is 5.96. The molecule has 1 aromatic heterocycles. The first-order valence-electron chi connectivity index (χ1n) is 5.96. The Morgan fingerprint density at radius 2 is 2.22 bits per heavy atom. The number of hydrogen-bond acceptors (Lipinski definition) is 2. The van der Waals surface area contributed by atoms with Crippen molar-refractivity contribution in [1.29, 1.82) is 0 Å². The van der Waals surface area contributed by atoms with Crippen LogP contribution >= 0.6 is 0 Å². The summed E-state index contributed by atoms with van der Waals surface area (Å²) in [6.07, 6.45) is 4.20. The monoisotopic (exact) mass is 246 g/mol. The fourth-order valence-electron chi connectivity index (χ4n) is 1.88. The van der Waals surface area contributed by atoms with E-state index in [-0.39, 0.29) is 11.3 Å². The zero-order chi connectivity index (χ0) is 13.1. The molecule has 0 aliphatic carbocycles. The summed E-state index contributed by atoms with van der Waals surface area (Å²) in [5.74, 6) is -0.537. The van der Waals surface area contributed by atoms with E-state index in [1.807, 2.05) is 6.92 Å². The highest BCUT2D eigenvalue weighted by molar-refractivity contribution is 6.07. The molecule has 0 spiro atoms. The zero-order valence-electron chi connectivity index (χ0n) is 10.5. The standard InChI is InChI=1S/C14H15FN2O/c1-3-8-17-9-7-16-14(17)13(18)11-6-4-5-10(2)12(11)15/h4-7,9H,3,8H2,1-2H3. The molecule has 1 heterocycles. The minimum absolute atomic E-state index is 0.0820. The van der Waals surface area contributed by atoms with E-state index in [9.17, 15) is 9.18 Å². The quantitative estimate of drug-likeness (QED) is 0.777. The molecule has 0 aliphatic rings. The molecule has 0 aliphatic heterocycles. The van der Waals surface area contributed by atoms with Crippen molar-refractivity contribution in [3.8, 4) is 0 Å². The number of ketones is 1. The molecule has 0 unspecified atom stereocenters. The third kappa shape index (κ3) is 2.18. The number of nitrogens with zero attached hydrogens (tertiary/aromatic N) is 2. The van der Waals surface area contributed by atoms with E-state index in [2.05, 4.69) is 4.98 Å². The van der Waals surface area contributed by atoms with Crippen molar-refractivity contribution in [1.82, 2.24) is 9.55 Å². The molecule has 94 valence electrons. The van der Waals surface area contributed by atoms with Gasteiger partial charge in [0.25, 0.3) is 0 Å². The maximum absolute atomic E-state index is 13.9. The number of carbonyl (C=O) groups excluding carboxylic acids is 1. The predicted octanol–water partition coefficient (Wildman–Crippen LogP) is 2.97. The van der Waals surface area contributed by atoms with Gasteiger partial charge >= 0.3 is 0 Å². The Morgan fingerprint density at radius 3 is 2.94 bits per heavy atom. The van der Waals surface area contributed by atoms with Crippen molar-refractivity contribution < 1.29 is 9.18 Å². The highest BCUT2D eigenvalue weighted by Crippen LogP contribution is 2.16. The molecule has 0 amide bonds. The Labute approximate surface area is 105 Å². The van der Waals surface area contributed by atoms with Crippen molar-refractivity contribution in [3.05, 3.63) is 53.4 Å². The molecule has 0 bridgehead atoms. The van der Waals surface area contributed by atoms with E-state index in [0.717, 1.165) is 6.42 Å². The van der Waals surface area contributed by atoms with Crippen molar-refractivity contribution in [3.63, 3.8) is 0 Å². The lowest BCUT2D eigenvalue weighted by molar-refractivity contribution is 0.102. The minimum atomic E-state index is -0.464. The molecular formula is C14H15FN2O. The average molecular weight is 246 g/mol. The molecule has 18 heavy (non-hydrogen) atoms. The summed E-state index contributed by atoms with van der Waals surface area (Å²) in [6, 6.07) is 4.82. The number of carbonyl (C=O) groups is 1. The molecule has 0 atom stereocenters. The molecule has 0 saturated carbocycles. The fourth-order valence-corrected chi connectivity index (χ4v) is 1.88. The fraction of sp³-hybridized carbons (Fsp3) is 0.286. The Bertz CT molecular complexity index is 575. The lowest BCUT2D eigenvalue weighted by Crippen LogP contribution is -2.13. The number of hydrogen-bond donors (Lipinski definition) is 0. The van der Waals surface area contributed by atoms with Gasteiger partial charge in [-0.05, 0) is 25.0 Å². The van der Waals surface area contributed by atoms with Crippen LogP contribution < -0.4 is 0 Å². The highest BCUT2D eigenvalue weighted by atomic mass is 19.1. The Morgan fingerprint density at radius 1 is 1.44 bits per heavy atom. The van der Waals surface area contributed by atoms with Gasteiger partial charge in [-0.25, -0.2) is 9.37 Å². The van der Waals surface area contributed by atoms with E-state index >= 15 is 0 Å². The predicted molar refractivity (Wildman–Crippen MR) is 67.1 cm³/mol. The van der Waals surface area contributed by atoms with E-state index in [0.29, 0.717) is 17.9 Å². The average Bonchev–Trinajstić information content (AvgIpc) is 2.80. The Balaban J connectivity index is 2.42. The SMILES string of the molecule is CCCn1ccnc1C(=O)c1cccc(C)c1F. The van der Waals surface area contributed by atoms with E-state index in [1.165, 1.54) is 6.07 Å². The van der Waals surface area contributed by atoms with Gasteiger partial charge < -0.3 is 4.57 Å². The number of rotatable bonds is 4. The van der Waals surface area contributed by atoms with Crippen LogP contribution in [0.4, 0.5) is 4.39 Å². The second-order valence-corrected chi connectivity index (χ2v) is 4.21. The van der Waals surface area contributed by atoms with Gasteiger partial charge in [-0.1, -0.05) is 19.1 Å². The minimum Gasteiger partial charge on any atom is -0.328 e. The normalized spacial score (nSPS) is 10.6. The molecule has 3 nitrogen and oxygen atoms in total. The van der Waals surface area contributed by atoms with Crippen LogP contribution in [0.3, 0.4) is 0 Å². The summed E-state index contributed by atoms with van der Waals surface area (Å²) in [6.45, 7) is 4.36. The maximum atomic E-state index is 13.9. The van der Waals surface area contributed by atoms with E-state index in [1.54, 1.807) is 36.0 Å². The van der Waals surface area contributed by atoms with Crippen LogP contribution in [0.25, 0.3) is 0 Å². The summed E-state index contributed by atoms with van der Waals surface area (Å²) in [5.41, 5.74) is 0.549.